The molecule has 0 aliphatic carbocycles. The molecular weight excluding hydrogens is 298 g/mol. The minimum absolute atomic E-state index is 0.299. The van der Waals surface area contributed by atoms with Gasteiger partial charge in [-0.1, -0.05) is 12.1 Å². The second-order valence-corrected chi connectivity index (χ2v) is 6.94. The van der Waals surface area contributed by atoms with Crippen molar-refractivity contribution in [1.82, 2.24) is 14.7 Å². The van der Waals surface area contributed by atoms with Crippen molar-refractivity contribution in [3.05, 3.63) is 59.9 Å². The molecule has 0 saturated heterocycles. The van der Waals surface area contributed by atoms with Crippen LogP contribution in [0.3, 0.4) is 0 Å². The van der Waals surface area contributed by atoms with Crippen LogP contribution in [0.1, 0.15) is 11.1 Å². The molecule has 0 fully saturated rings. The number of aromatic nitrogens is 2. The quantitative estimate of drug-likeness (QED) is 0.759. The fraction of sp³-hybridized carbons (Fsp3) is 0.188. The summed E-state index contributed by atoms with van der Waals surface area (Å²) >= 11 is 0. The van der Waals surface area contributed by atoms with E-state index >= 15 is 0 Å². The molecule has 0 spiro atoms. The van der Waals surface area contributed by atoms with Gasteiger partial charge in [-0.3, -0.25) is 0 Å². The molecule has 6 heteroatoms. The van der Waals surface area contributed by atoms with Gasteiger partial charge in [0.1, 0.15) is 5.65 Å². The highest BCUT2D eigenvalue weighted by atomic mass is 32.2. The number of aryl methyl sites for hydroxylation is 1. The van der Waals surface area contributed by atoms with E-state index in [0.717, 1.165) is 22.2 Å². The Balaban J connectivity index is 1.70. The van der Waals surface area contributed by atoms with Crippen LogP contribution >= 0.6 is 0 Å². The Kier molecular flexibility index (Phi) is 3.96. The van der Waals surface area contributed by atoms with E-state index in [1.807, 2.05) is 31.3 Å². The Hall–Kier alpha value is -2.18. The van der Waals surface area contributed by atoms with Gasteiger partial charge >= 0.3 is 0 Å². The summed E-state index contributed by atoms with van der Waals surface area (Å²) in [5.41, 5.74) is 2.79. The lowest BCUT2D eigenvalue weighted by Gasteiger charge is -2.07. The SMILES string of the molecule is Cc1cccc(S(=O)(=O)NCCc2c[nH]c3ncccc23)c1. The third kappa shape index (κ3) is 3.03. The summed E-state index contributed by atoms with van der Waals surface area (Å²) in [5, 5.41) is 1.03. The van der Waals surface area contributed by atoms with Crippen LogP contribution in [0, 0.1) is 6.92 Å². The van der Waals surface area contributed by atoms with Gasteiger partial charge in [-0.05, 0) is 48.7 Å². The maximum atomic E-state index is 12.2. The molecule has 0 saturated carbocycles. The van der Waals surface area contributed by atoms with Gasteiger partial charge in [-0.2, -0.15) is 0 Å². The Bertz CT molecular complexity index is 900. The monoisotopic (exact) mass is 315 g/mol. The summed E-state index contributed by atoms with van der Waals surface area (Å²) in [6.45, 7) is 2.22. The molecule has 0 atom stereocenters. The predicted octanol–water partition coefficient (Wildman–Crippen LogP) is 2.39. The van der Waals surface area contributed by atoms with E-state index in [1.54, 1.807) is 24.4 Å². The number of nitrogens with one attached hydrogen (secondary N) is 2. The second-order valence-electron chi connectivity index (χ2n) is 5.18. The van der Waals surface area contributed by atoms with Crippen molar-refractivity contribution in [3.63, 3.8) is 0 Å². The van der Waals surface area contributed by atoms with E-state index in [9.17, 15) is 8.42 Å². The minimum atomic E-state index is -3.47. The number of fused-ring (bicyclic) bond motifs is 1. The number of aromatic amines is 1. The summed E-state index contributed by atoms with van der Waals surface area (Å²) in [7, 11) is -3.47. The van der Waals surface area contributed by atoms with Crippen molar-refractivity contribution in [3.8, 4) is 0 Å². The van der Waals surface area contributed by atoms with Crippen LogP contribution < -0.4 is 4.72 Å². The van der Waals surface area contributed by atoms with Crippen molar-refractivity contribution in [2.45, 2.75) is 18.2 Å². The zero-order valence-corrected chi connectivity index (χ0v) is 13.0. The Labute approximate surface area is 129 Å². The molecule has 0 amide bonds. The maximum Gasteiger partial charge on any atom is 0.240 e. The number of hydrogen-bond donors (Lipinski definition) is 2. The van der Waals surface area contributed by atoms with E-state index < -0.39 is 10.0 Å². The van der Waals surface area contributed by atoms with Gasteiger partial charge < -0.3 is 4.98 Å². The maximum absolute atomic E-state index is 12.2. The molecule has 3 aromatic rings. The normalized spacial score (nSPS) is 11.9. The Morgan fingerprint density at radius 1 is 1.23 bits per heavy atom. The number of hydrogen-bond acceptors (Lipinski definition) is 3. The molecule has 0 aliphatic heterocycles. The van der Waals surface area contributed by atoms with Gasteiger partial charge in [0.15, 0.2) is 0 Å². The fourth-order valence-electron chi connectivity index (χ4n) is 2.41. The van der Waals surface area contributed by atoms with Crippen LogP contribution in [0.2, 0.25) is 0 Å². The molecule has 2 aromatic heterocycles. The van der Waals surface area contributed by atoms with Gasteiger partial charge in [0, 0.05) is 24.3 Å². The van der Waals surface area contributed by atoms with Crippen LogP contribution in [0.5, 0.6) is 0 Å². The third-order valence-corrected chi connectivity index (χ3v) is 4.98. The highest BCUT2D eigenvalue weighted by Gasteiger charge is 2.13. The molecule has 2 heterocycles. The highest BCUT2D eigenvalue weighted by Crippen LogP contribution is 2.16. The lowest BCUT2D eigenvalue weighted by molar-refractivity contribution is 0.581. The van der Waals surface area contributed by atoms with Crippen molar-refractivity contribution in [2.24, 2.45) is 0 Å². The number of rotatable bonds is 5. The van der Waals surface area contributed by atoms with Gasteiger partial charge in [0.2, 0.25) is 10.0 Å². The lowest BCUT2D eigenvalue weighted by Crippen LogP contribution is -2.26. The zero-order chi connectivity index (χ0) is 15.6. The number of nitrogens with zero attached hydrogens (tertiary/aromatic N) is 1. The molecule has 0 unspecified atom stereocenters. The summed E-state index contributed by atoms with van der Waals surface area (Å²) in [6.07, 6.45) is 4.21. The molecule has 5 nitrogen and oxygen atoms in total. The third-order valence-electron chi connectivity index (χ3n) is 3.52. The first-order valence-electron chi connectivity index (χ1n) is 7.03. The summed E-state index contributed by atoms with van der Waals surface area (Å²) in [6, 6.07) is 10.7. The molecule has 0 radical (unpaired) electrons. The average Bonchev–Trinajstić information content (AvgIpc) is 2.91. The number of benzene rings is 1. The summed E-state index contributed by atoms with van der Waals surface area (Å²) < 4.78 is 27.1. The first-order chi connectivity index (χ1) is 10.6. The zero-order valence-electron chi connectivity index (χ0n) is 12.2. The van der Waals surface area contributed by atoms with Crippen LogP contribution in [0.25, 0.3) is 11.0 Å². The molecule has 114 valence electrons. The van der Waals surface area contributed by atoms with Gasteiger partial charge in [0.05, 0.1) is 4.90 Å². The van der Waals surface area contributed by atoms with E-state index in [2.05, 4.69) is 14.7 Å². The molecule has 22 heavy (non-hydrogen) atoms. The Morgan fingerprint density at radius 2 is 2.09 bits per heavy atom. The van der Waals surface area contributed by atoms with Crippen molar-refractivity contribution in [1.29, 1.82) is 0 Å². The fourth-order valence-corrected chi connectivity index (χ4v) is 3.54. The molecule has 0 bridgehead atoms. The van der Waals surface area contributed by atoms with Gasteiger partial charge in [-0.25, -0.2) is 18.1 Å². The van der Waals surface area contributed by atoms with E-state index in [-0.39, 0.29) is 0 Å². The van der Waals surface area contributed by atoms with Gasteiger partial charge in [0.25, 0.3) is 0 Å². The van der Waals surface area contributed by atoms with Crippen molar-refractivity contribution < 1.29 is 8.42 Å². The second kappa shape index (κ2) is 5.90. The first-order valence-corrected chi connectivity index (χ1v) is 8.52. The summed E-state index contributed by atoms with van der Waals surface area (Å²) in [5.74, 6) is 0. The first kappa shape index (κ1) is 14.7. The number of sulfonamides is 1. The topological polar surface area (TPSA) is 74.8 Å². The molecule has 3 rings (SSSR count). The smallest absolute Gasteiger partial charge is 0.240 e. The van der Waals surface area contributed by atoms with Gasteiger partial charge in [-0.15, -0.1) is 0 Å². The van der Waals surface area contributed by atoms with Crippen LogP contribution in [0.15, 0.2) is 53.7 Å². The number of H-pyrrole nitrogens is 1. The standard InChI is InChI=1S/C16H17N3O2S/c1-12-4-2-5-14(10-12)22(20,21)19-9-7-13-11-18-16-15(13)6-3-8-17-16/h2-6,8,10-11,19H,7,9H2,1H3,(H,17,18). The summed E-state index contributed by atoms with van der Waals surface area (Å²) in [4.78, 5) is 7.61. The lowest BCUT2D eigenvalue weighted by atomic mass is 10.2. The molecular formula is C16H17N3O2S. The van der Waals surface area contributed by atoms with Crippen molar-refractivity contribution >= 4 is 21.1 Å². The van der Waals surface area contributed by atoms with Crippen molar-refractivity contribution in [2.75, 3.05) is 6.54 Å². The van der Waals surface area contributed by atoms with E-state index in [0.29, 0.717) is 17.9 Å². The minimum Gasteiger partial charge on any atom is -0.346 e. The Morgan fingerprint density at radius 3 is 2.91 bits per heavy atom. The molecule has 0 aliphatic rings. The van der Waals surface area contributed by atoms with Crippen LogP contribution in [0.4, 0.5) is 0 Å². The molecule has 1 aromatic carbocycles. The number of pyridine rings is 1. The molecule has 2 N–H and O–H groups in total. The highest BCUT2D eigenvalue weighted by molar-refractivity contribution is 7.89. The van der Waals surface area contributed by atoms with E-state index in [4.69, 9.17) is 0 Å². The van der Waals surface area contributed by atoms with E-state index in [1.165, 1.54) is 0 Å². The predicted molar refractivity (Wildman–Crippen MR) is 86.2 cm³/mol. The van der Waals surface area contributed by atoms with Crippen LogP contribution in [-0.2, 0) is 16.4 Å². The largest absolute Gasteiger partial charge is 0.346 e. The average molecular weight is 315 g/mol. The van der Waals surface area contributed by atoms with Crippen LogP contribution in [-0.4, -0.2) is 24.9 Å².